The lowest BCUT2D eigenvalue weighted by atomic mass is 10.0. The van der Waals surface area contributed by atoms with Crippen molar-refractivity contribution in [2.24, 2.45) is 0 Å². The first kappa shape index (κ1) is 14.4. The Bertz CT molecular complexity index is 596. The minimum atomic E-state index is 0.0611. The summed E-state index contributed by atoms with van der Waals surface area (Å²) in [5.41, 5.74) is 0.942. The molecule has 0 aromatic carbocycles. The van der Waals surface area contributed by atoms with Gasteiger partial charge in [-0.1, -0.05) is 6.07 Å². The maximum absolute atomic E-state index is 12.1. The number of carbonyl (C=O) groups excluding carboxylic acids is 1. The van der Waals surface area contributed by atoms with Crippen molar-refractivity contribution in [3.63, 3.8) is 0 Å². The number of carbonyl (C=O) groups is 1. The molecule has 3 rings (SSSR count). The van der Waals surface area contributed by atoms with Gasteiger partial charge in [0.1, 0.15) is 5.82 Å². The molecule has 0 bridgehead atoms. The van der Waals surface area contributed by atoms with Gasteiger partial charge in [0.05, 0.1) is 12.6 Å². The molecular formula is C16H19N5O. The minimum absolute atomic E-state index is 0.0611. The van der Waals surface area contributed by atoms with Crippen LogP contribution in [0.5, 0.6) is 0 Å². The zero-order valence-corrected chi connectivity index (χ0v) is 12.4. The Labute approximate surface area is 129 Å². The van der Waals surface area contributed by atoms with E-state index in [0.717, 1.165) is 37.3 Å². The largest absolute Gasteiger partial charge is 0.355 e. The Morgan fingerprint density at radius 3 is 2.68 bits per heavy atom. The molecule has 0 unspecified atom stereocenters. The minimum Gasteiger partial charge on any atom is -0.355 e. The summed E-state index contributed by atoms with van der Waals surface area (Å²) in [6.45, 7) is 1.77. The number of anilines is 1. The molecule has 0 aliphatic carbocycles. The average Bonchev–Trinajstić information content (AvgIpc) is 2.57. The van der Waals surface area contributed by atoms with E-state index in [2.05, 4.69) is 25.2 Å². The van der Waals surface area contributed by atoms with Gasteiger partial charge in [-0.3, -0.25) is 14.8 Å². The number of hydrogen-bond acceptors (Lipinski definition) is 5. The van der Waals surface area contributed by atoms with E-state index < -0.39 is 0 Å². The van der Waals surface area contributed by atoms with E-state index in [1.54, 1.807) is 31.0 Å². The Morgan fingerprint density at radius 1 is 1.18 bits per heavy atom. The van der Waals surface area contributed by atoms with Gasteiger partial charge in [-0.05, 0) is 24.5 Å². The van der Waals surface area contributed by atoms with Crippen LogP contribution in [0.25, 0.3) is 0 Å². The first-order valence-corrected chi connectivity index (χ1v) is 7.50. The fraction of sp³-hybridized carbons (Fsp3) is 0.375. The first-order chi connectivity index (χ1) is 10.8. The molecule has 1 saturated heterocycles. The number of nitrogens with zero attached hydrogens (tertiary/aromatic N) is 4. The molecule has 0 saturated carbocycles. The van der Waals surface area contributed by atoms with E-state index in [4.69, 9.17) is 0 Å². The number of rotatable bonds is 4. The molecule has 0 atom stereocenters. The summed E-state index contributed by atoms with van der Waals surface area (Å²) in [5, 5.41) is 3.11. The smallest absolute Gasteiger partial charge is 0.224 e. The summed E-state index contributed by atoms with van der Waals surface area (Å²) in [4.78, 5) is 26.7. The third kappa shape index (κ3) is 3.78. The van der Waals surface area contributed by atoms with Gasteiger partial charge in [0.2, 0.25) is 5.91 Å². The van der Waals surface area contributed by atoms with E-state index in [0.29, 0.717) is 6.42 Å². The topological polar surface area (TPSA) is 71.0 Å². The van der Waals surface area contributed by atoms with E-state index >= 15 is 0 Å². The second-order valence-electron chi connectivity index (χ2n) is 5.43. The average molecular weight is 297 g/mol. The Balaban J connectivity index is 1.47. The summed E-state index contributed by atoms with van der Waals surface area (Å²) >= 11 is 0. The van der Waals surface area contributed by atoms with Crippen LogP contribution in [0.15, 0.2) is 43.1 Å². The van der Waals surface area contributed by atoms with Gasteiger partial charge < -0.3 is 10.2 Å². The molecule has 0 spiro atoms. The second kappa shape index (κ2) is 6.98. The van der Waals surface area contributed by atoms with Crippen molar-refractivity contribution in [1.29, 1.82) is 0 Å². The summed E-state index contributed by atoms with van der Waals surface area (Å²) in [6, 6.07) is 4.00. The lowest BCUT2D eigenvalue weighted by Gasteiger charge is -2.32. The quantitative estimate of drug-likeness (QED) is 0.918. The van der Waals surface area contributed by atoms with Crippen LogP contribution in [0.3, 0.4) is 0 Å². The Morgan fingerprint density at radius 2 is 2.00 bits per heavy atom. The molecule has 0 radical (unpaired) electrons. The van der Waals surface area contributed by atoms with Crippen LogP contribution in [-0.2, 0) is 11.2 Å². The Kier molecular flexibility index (Phi) is 4.58. The van der Waals surface area contributed by atoms with Crippen molar-refractivity contribution >= 4 is 11.7 Å². The van der Waals surface area contributed by atoms with Crippen LogP contribution >= 0.6 is 0 Å². The molecular weight excluding hydrogens is 278 g/mol. The number of pyridine rings is 1. The molecule has 6 nitrogen and oxygen atoms in total. The van der Waals surface area contributed by atoms with Gasteiger partial charge in [0.15, 0.2) is 0 Å². The predicted octanol–water partition coefficient (Wildman–Crippen LogP) is 1.20. The van der Waals surface area contributed by atoms with Gasteiger partial charge in [0, 0.05) is 43.9 Å². The maximum Gasteiger partial charge on any atom is 0.224 e. The van der Waals surface area contributed by atoms with Gasteiger partial charge in [-0.15, -0.1) is 0 Å². The molecule has 114 valence electrons. The van der Waals surface area contributed by atoms with Crippen molar-refractivity contribution in [2.75, 3.05) is 18.0 Å². The van der Waals surface area contributed by atoms with E-state index in [1.807, 2.05) is 12.1 Å². The third-order valence-corrected chi connectivity index (χ3v) is 3.82. The predicted molar refractivity (Wildman–Crippen MR) is 83.4 cm³/mol. The van der Waals surface area contributed by atoms with Crippen molar-refractivity contribution in [1.82, 2.24) is 20.3 Å². The molecule has 2 aromatic heterocycles. The molecule has 2 aromatic rings. The molecule has 6 heteroatoms. The molecule has 1 fully saturated rings. The molecule has 1 aliphatic rings. The zero-order valence-electron chi connectivity index (χ0n) is 12.4. The van der Waals surface area contributed by atoms with E-state index in [1.165, 1.54) is 0 Å². The summed E-state index contributed by atoms with van der Waals surface area (Å²) in [5.74, 6) is 0.966. The van der Waals surface area contributed by atoms with Crippen molar-refractivity contribution < 1.29 is 4.79 Å². The fourth-order valence-electron chi connectivity index (χ4n) is 2.67. The van der Waals surface area contributed by atoms with Crippen LogP contribution in [0, 0.1) is 0 Å². The van der Waals surface area contributed by atoms with Crippen molar-refractivity contribution in [3.05, 3.63) is 48.7 Å². The number of aromatic nitrogens is 3. The van der Waals surface area contributed by atoms with E-state index in [9.17, 15) is 4.79 Å². The van der Waals surface area contributed by atoms with Crippen molar-refractivity contribution in [3.8, 4) is 0 Å². The SMILES string of the molecule is O=C(Cc1cccnc1)NC1CCN(c2cnccn2)CC1. The van der Waals surface area contributed by atoms with Crippen LogP contribution in [0.2, 0.25) is 0 Å². The molecule has 1 N–H and O–H groups in total. The van der Waals surface area contributed by atoms with Crippen LogP contribution in [0.1, 0.15) is 18.4 Å². The number of nitrogens with one attached hydrogen (secondary N) is 1. The highest BCUT2D eigenvalue weighted by Gasteiger charge is 2.21. The highest BCUT2D eigenvalue weighted by atomic mass is 16.1. The monoisotopic (exact) mass is 297 g/mol. The lowest BCUT2D eigenvalue weighted by Crippen LogP contribution is -2.45. The fourth-order valence-corrected chi connectivity index (χ4v) is 2.67. The van der Waals surface area contributed by atoms with Gasteiger partial charge in [-0.2, -0.15) is 0 Å². The summed E-state index contributed by atoms with van der Waals surface area (Å²) in [6.07, 6.45) is 10.8. The molecule has 1 amide bonds. The van der Waals surface area contributed by atoms with Crippen LogP contribution in [-0.4, -0.2) is 40.0 Å². The highest BCUT2D eigenvalue weighted by Crippen LogP contribution is 2.16. The first-order valence-electron chi connectivity index (χ1n) is 7.50. The number of hydrogen-bond donors (Lipinski definition) is 1. The Hall–Kier alpha value is -2.50. The number of amides is 1. The second-order valence-corrected chi connectivity index (χ2v) is 5.43. The summed E-state index contributed by atoms with van der Waals surface area (Å²) in [7, 11) is 0. The number of piperidine rings is 1. The van der Waals surface area contributed by atoms with Crippen LogP contribution < -0.4 is 10.2 Å². The lowest BCUT2D eigenvalue weighted by molar-refractivity contribution is -0.121. The summed E-state index contributed by atoms with van der Waals surface area (Å²) < 4.78 is 0. The van der Waals surface area contributed by atoms with Gasteiger partial charge in [-0.25, -0.2) is 4.98 Å². The third-order valence-electron chi connectivity index (χ3n) is 3.82. The van der Waals surface area contributed by atoms with Gasteiger partial charge >= 0.3 is 0 Å². The normalized spacial score (nSPS) is 15.5. The molecule has 1 aliphatic heterocycles. The molecule has 22 heavy (non-hydrogen) atoms. The zero-order chi connectivity index (χ0) is 15.2. The maximum atomic E-state index is 12.1. The van der Waals surface area contributed by atoms with Crippen LogP contribution in [0.4, 0.5) is 5.82 Å². The van der Waals surface area contributed by atoms with Crippen molar-refractivity contribution in [2.45, 2.75) is 25.3 Å². The molecule has 3 heterocycles. The van der Waals surface area contributed by atoms with E-state index in [-0.39, 0.29) is 11.9 Å². The van der Waals surface area contributed by atoms with Gasteiger partial charge in [0.25, 0.3) is 0 Å². The standard InChI is InChI=1S/C16H19N5O/c22-16(10-13-2-1-5-17-11-13)20-14-3-8-21(9-4-14)15-12-18-6-7-19-15/h1-2,5-7,11-12,14H,3-4,8-10H2,(H,20,22). The highest BCUT2D eigenvalue weighted by molar-refractivity contribution is 5.78.